The lowest BCUT2D eigenvalue weighted by Gasteiger charge is -2.21. The number of aromatic nitrogens is 1. The number of hydrogen-bond acceptors (Lipinski definition) is 6. The monoisotopic (exact) mass is 495 g/mol. The summed E-state index contributed by atoms with van der Waals surface area (Å²) < 4.78 is 60.7. The third kappa shape index (κ3) is 4.59. The number of benzene rings is 2. The number of methoxy groups -OCH3 is 1. The fourth-order valence-electron chi connectivity index (χ4n) is 3.66. The minimum absolute atomic E-state index is 0.116. The van der Waals surface area contributed by atoms with Crippen molar-refractivity contribution in [3.63, 3.8) is 0 Å². The van der Waals surface area contributed by atoms with E-state index in [1.807, 2.05) is 0 Å². The van der Waals surface area contributed by atoms with Gasteiger partial charge in [-0.15, -0.1) is 0 Å². The van der Waals surface area contributed by atoms with Crippen LogP contribution in [0.25, 0.3) is 10.2 Å². The van der Waals surface area contributed by atoms with Gasteiger partial charge in [0.15, 0.2) is 4.80 Å². The zero-order valence-corrected chi connectivity index (χ0v) is 19.0. The number of halogens is 2. The molecule has 2 aromatic carbocycles. The van der Waals surface area contributed by atoms with Gasteiger partial charge in [-0.05, 0) is 55.3 Å². The van der Waals surface area contributed by atoms with Crippen molar-refractivity contribution in [1.82, 2.24) is 8.87 Å². The first-order valence-electron chi connectivity index (χ1n) is 9.92. The molecule has 0 N–H and O–H groups in total. The molecule has 174 valence electrons. The number of ether oxygens (including phenoxy) is 1. The number of hydrogen-bond donors (Lipinski definition) is 0. The zero-order chi connectivity index (χ0) is 23.8. The highest BCUT2D eigenvalue weighted by Crippen LogP contribution is 2.27. The first-order chi connectivity index (χ1) is 15.7. The van der Waals surface area contributed by atoms with Gasteiger partial charge in [0.2, 0.25) is 10.0 Å². The van der Waals surface area contributed by atoms with Gasteiger partial charge in [0.25, 0.3) is 5.91 Å². The number of fused-ring (bicyclic) bond motifs is 1. The Labute approximate surface area is 191 Å². The summed E-state index contributed by atoms with van der Waals surface area (Å²) in [6, 6.07) is 7.27. The van der Waals surface area contributed by atoms with Crippen LogP contribution < -0.4 is 4.80 Å². The van der Waals surface area contributed by atoms with Crippen LogP contribution in [0.3, 0.4) is 0 Å². The van der Waals surface area contributed by atoms with Crippen molar-refractivity contribution in [3.05, 3.63) is 58.9 Å². The smallest absolute Gasteiger partial charge is 0.325 e. The average Bonchev–Trinajstić information content (AvgIpc) is 3.40. The van der Waals surface area contributed by atoms with E-state index >= 15 is 0 Å². The zero-order valence-electron chi connectivity index (χ0n) is 17.4. The molecule has 0 aliphatic carbocycles. The molecule has 1 saturated heterocycles. The molecule has 1 aliphatic rings. The van der Waals surface area contributed by atoms with Gasteiger partial charge >= 0.3 is 5.97 Å². The summed E-state index contributed by atoms with van der Waals surface area (Å²) in [5.41, 5.74) is 0.487. The van der Waals surface area contributed by atoms with Gasteiger partial charge in [0.05, 0.1) is 22.2 Å². The largest absolute Gasteiger partial charge is 0.468 e. The molecule has 12 heteroatoms. The standard InChI is InChI=1S/C21H19F2N3O5S2/c1-31-19(27)12-25-16-9-6-14(23)11-18(16)32-21(25)24-20(28)17-3-2-10-26(17)33(29,30)15-7-4-13(22)5-8-15/h4-9,11,17H,2-3,10,12H2,1H3. The second-order valence-corrected chi connectivity index (χ2v) is 10.2. The van der Waals surface area contributed by atoms with Crippen LogP contribution in [-0.4, -0.2) is 48.9 Å². The van der Waals surface area contributed by atoms with Gasteiger partial charge in [0.1, 0.15) is 24.2 Å². The van der Waals surface area contributed by atoms with Gasteiger partial charge in [-0.3, -0.25) is 9.59 Å². The lowest BCUT2D eigenvalue weighted by atomic mass is 10.2. The van der Waals surface area contributed by atoms with E-state index in [2.05, 4.69) is 4.99 Å². The molecular weight excluding hydrogens is 476 g/mol. The molecule has 1 atom stereocenters. The average molecular weight is 496 g/mol. The van der Waals surface area contributed by atoms with E-state index in [-0.39, 0.29) is 29.2 Å². The van der Waals surface area contributed by atoms with E-state index < -0.39 is 39.6 Å². The number of carbonyl (C=O) groups excluding carboxylic acids is 2. The number of esters is 1. The quantitative estimate of drug-likeness (QED) is 0.507. The van der Waals surface area contributed by atoms with E-state index in [9.17, 15) is 26.8 Å². The van der Waals surface area contributed by atoms with Crippen LogP contribution in [0.1, 0.15) is 12.8 Å². The fourth-order valence-corrected chi connectivity index (χ4v) is 6.37. The normalized spacial score (nSPS) is 17.5. The van der Waals surface area contributed by atoms with Gasteiger partial charge in [-0.25, -0.2) is 17.2 Å². The maximum atomic E-state index is 13.7. The number of thiazole rings is 1. The van der Waals surface area contributed by atoms with Crippen molar-refractivity contribution in [3.8, 4) is 0 Å². The topological polar surface area (TPSA) is 98.0 Å². The third-order valence-electron chi connectivity index (χ3n) is 5.27. The molecule has 1 aliphatic heterocycles. The maximum Gasteiger partial charge on any atom is 0.325 e. The fraction of sp³-hybridized carbons (Fsp3) is 0.286. The Morgan fingerprint density at radius 2 is 1.85 bits per heavy atom. The summed E-state index contributed by atoms with van der Waals surface area (Å²) in [5.74, 6) is -2.35. The molecule has 1 amide bonds. The first kappa shape index (κ1) is 23.2. The summed E-state index contributed by atoms with van der Waals surface area (Å²) in [6.07, 6.45) is 0.714. The maximum absolute atomic E-state index is 13.7. The van der Waals surface area contributed by atoms with Gasteiger partial charge < -0.3 is 9.30 Å². The van der Waals surface area contributed by atoms with E-state index in [4.69, 9.17) is 4.74 Å². The first-order valence-corrected chi connectivity index (χ1v) is 12.2. The molecule has 8 nitrogen and oxygen atoms in total. The van der Waals surface area contributed by atoms with Gasteiger partial charge in [0, 0.05) is 6.54 Å². The number of nitrogens with zero attached hydrogens (tertiary/aromatic N) is 3. The molecule has 4 rings (SSSR count). The van der Waals surface area contributed by atoms with Crippen LogP contribution in [0.2, 0.25) is 0 Å². The summed E-state index contributed by atoms with van der Waals surface area (Å²) in [4.78, 5) is 29.1. The van der Waals surface area contributed by atoms with Crippen LogP contribution >= 0.6 is 11.3 Å². The Morgan fingerprint density at radius 1 is 1.15 bits per heavy atom. The molecule has 1 aromatic heterocycles. The second kappa shape index (κ2) is 9.12. The molecular formula is C21H19F2N3O5S2. The Morgan fingerprint density at radius 3 is 2.55 bits per heavy atom. The van der Waals surface area contributed by atoms with Gasteiger partial charge in [-0.2, -0.15) is 9.30 Å². The molecule has 1 fully saturated rings. The molecule has 1 unspecified atom stereocenters. The van der Waals surface area contributed by atoms with Crippen LogP contribution in [0.5, 0.6) is 0 Å². The van der Waals surface area contributed by atoms with E-state index in [0.29, 0.717) is 16.6 Å². The summed E-state index contributed by atoms with van der Waals surface area (Å²) in [7, 11) is -2.83. The van der Waals surface area contributed by atoms with Crippen LogP contribution in [0.15, 0.2) is 52.4 Å². The van der Waals surface area contributed by atoms with E-state index in [1.165, 1.54) is 29.9 Å². The van der Waals surface area contributed by atoms with E-state index in [1.54, 1.807) is 0 Å². The van der Waals surface area contributed by atoms with Crippen molar-refractivity contribution in [1.29, 1.82) is 0 Å². The number of sulfonamides is 1. The van der Waals surface area contributed by atoms with Crippen LogP contribution in [0.4, 0.5) is 8.78 Å². The van der Waals surface area contributed by atoms with Crippen LogP contribution in [0, 0.1) is 11.6 Å². The molecule has 0 spiro atoms. The molecule has 0 radical (unpaired) electrons. The molecule has 2 heterocycles. The third-order valence-corrected chi connectivity index (χ3v) is 8.24. The number of carbonyl (C=O) groups is 2. The van der Waals surface area contributed by atoms with Crippen molar-refractivity contribution in [2.45, 2.75) is 30.3 Å². The second-order valence-electron chi connectivity index (χ2n) is 7.34. The Bertz CT molecular complexity index is 1400. The lowest BCUT2D eigenvalue weighted by Crippen LogP contribution is -2.40. The Balaban J connectivity index is 1.73. The van der Waals surface area contributed by atoms with Gasteiger partial charge in [-0.1, -0.05) is 11.3 Å². The van der Waals surface area contributed by atoms with Crippen molar-refractivity contribution < 1.29 is 31.5 Å². The predicted octanol–water partition coefficient (Wildman–Crippen LogP) is 2.43. The SMILES string of the molecule is COC(=O)Cn1c(=NC(=O)C2CCCN2S(=O)(=O)c2ccc(F)cc2)sc2cc(F)ccc21. The summed E-state index contributed by atoms with van der Waals surface area (Å²) in [6.45, 7) is -0.137. The molecule has 0 saturated carbocycles. The highest BCUT2D eigenvalue weighted by atomic mass is 32.2. The predicted molar refractivity (Wildman–Crippen MR) is 116 cm³/mol. The van der Waals surface area contributed by atoms with E-state index in [0.717, 1.165) is 39.9 Å². The number of rotatable bonds is 5. The number of amides is 1. The van der Waals surface area contributed by atoms with Crippen molar-refractivity contribution in [2.24, 2.45) is 4.99 Å². The minimum atomic E-state index is -4.05. The van der Waals surface area contributed by atoms with Crippen molar-refractivity contribution in [2.75, 3.05) is 13.7 Å². The lowest BCUT2D eigenvalue weighted by molar-refractivity contribution is -0.141. The molecule has 0 bridgehead atoms. The minimum Gasteiger partial charge on any atom is -0.468 e. The molecule has 33 heavy (non-hydrogen) atoms. The highest BCUT2D eigenvalue weighted by molar-refractivity contribution is 7.89. The summed E-state index contributed by atoms with van der Waals surface area (Å²) >= 11 is 1.00. The van der Waals surface area contributed by atoms with Crippen LogP contribution in [-0.2, 0) is 30.9 Å². The molecule has 3 aromatic rings. The Kier molecular flexibility index (Phi) is 6.41. The van der Waals surface area contributed by atoms with Crippen molar-refractivity contribution >= 4 is 43.5 Å². The highest BCUT2D eigenvalue weighted by Gasteiger charge is 2.39. The Hall–Kier alpha value is -2.96. The summed E-state index contributed by atoms with van der Waals surface area (Å²) in [5, 5.41) is 0.